The molecule has 2 nitrogen and oxygen atoms in total. The average Bonchev–Trinajstić information content (AvgIpc) is 2.46. The quantitative estimate of drug-likeness (QED) is 0.808. The summed E-state index contributed by atoms with van der Waals surface area (Å²) in [4.78, 5) is 0.387. The second-order valence-corrected chi connectivity index (χ2v) is 4.71. The number of hydrogen-bond donors (Lipinski definition) is 1. The topological polar surface area (TPSA) is 29.1 Å². The van der Waals surface area contributed by atoms with Crippen LogP contribution in [0.1, 0.15) is 18.5 Å². The van der Waals surface area contributed by atoms with Gasteiger partial charge in [-0.15, -0.1) is 0 Å². The molecule has 0 aromatic heterocycles. The van der Waals surface area contributed by atoms with Crippen molar-refractivity contribution in [3.05, 3.63) is 29.6 Å². The van der Waals surface area contributed by atoms with Crippen LogP contribution < -0.4 is 5.32 Å². The van der Waals surface area contributed by atoms with Gasteiger partial charge in [0.25, 0.3) is 0 Å². The number of halogens is 1. The molecule has 1 aliphatic rings. The first kappa shape index (κ1) is 9.80. The Bertz CT molecular complexity index is 380. The lowest BCUT2D eigenvalue weighted by molar-refractivity contribution is 0.575. The fourth-order valence-corrected chi connectivity index (χ4v) is 3.31. The maximum Gasteiger partial charge on any atom is 0.139 e. The molecule has 2 rings (SSSR count). The van der Waals surface area contributed by atoms with Crippen molar-refractivity contribution < 1.29 is 8.60 Å². The van der Waals surface area contributed by atoms with Crippen LogP contribution in [0.4, 0.5) is 4.39 Å². The van der Waals surface area contributed by atoms with Gasteiger partial charge in [-0.1, -0.05) is 19.1 Å². The van der Waals surface area contributed by atoms with E-state index in [4.69, 9.17) is 0 Å². The molecule has 1 aromatic carbocycles. The van der Waals surface area contributed by atoms with E-state index in [0.29, 0.717) is 10.6 Å². The van der Waals surface area contributed by atoms with Crippen LogP contribution in [0, 0.1) is 5.82 Å². The molecule has 1 heterocycles. The highest BCUT2D eigenvalue weighted by Gasteiger charge is 2.29. The highest BCUT2D eigenvalue weighted by atomic mass is 32.2. The van der Waals surface area contributed by atoms with E-state index in [1.165, 1.54) is 6.07 Å². The molecule has 2 unspecified atom stereocenters. The van der Waals surface area contributed by atoms with Gasteiger partial charge in [0.05, 0.1) is 15.7 Å². The van der Waals surface area contributed by atoms with Crippen LogP contribution in [0.2, 0.25) is 0 Å². The Balaban J connectivity index is 2.44. The summed E-state index contributed by atoms with van der Waals surface area (Å²) in [6, 6.07) is 4.93. The molecule has 14 heavy (non-hydrogen) atoms. The van der Waals surface area contributed by atoms with Crippen molar-refractivity contribution in [2.45, 2.75) is 17.9 Å². The molecule has 4 heteroatoms. The molecule has 0 amide bonds. The SMILES string of the molecule is CCNC1CS(=O)c2c(F)cccc21. The molecule has 0 fully saturated rings. The number of benzene rings is 1. The number of nitrogens with one attached hydrogen (secondary N) is 1. The van der Waals surface area contributed by atoms with Crippen molar-refractivity contribution in [2.24, 2.45) is 0 Å². The Labute approximate surface area is 85.0 Å². The van der Waals surface area contributed by atoms with E-state index < -0.39 is 10.8 Å². The molecular formula is C10H12FNOS. The zero-order chi connectivity index (χ0) is 10.1. The van der Waals surface area contributed by atoms with Crippen LogP contribution >= 0.6 is 0 Å². The lowest BCUT2D eigenvalue weighted by Crippen LogP contribution is -2.21. The van der Waals surface area contributed by atoms with Crippen molar-refractivity contribution in [3.8, 4) is 0 Å². The maximum atomic E-state index is 13.3. The third-order valence-corrected chi connectivity index (χ3v) is 3.89. The number of hydrogen-bond acceptors (Lipinski definition) is 2. The molecule has 0 spiro atoms. The highest BCUT2D eigenvalue weighted by molar-refractivity contribution is 7.85. The summed E-state index contributed by atoms with van der Waals surface area (Å²) in [5.41, 5.74) is 0.852. The zero-order valence-electron chi connectivity index (χ0n) is 7.92. The van der Waals surface area contributed by atoms with Gasteiger partial charge in [0.15, 0.2) is 0 Å². The fraction of sp³-hybridized carbons (Fsp3) is 0.400. The minimum absolute atomic E-state index is 0.0477. The Hall–Kier alpha value is -0.740. The van der Waals surface area contributed by atoms with Crippen LogP contribution in [-0.2, 0) is 10.8 Å². The van der Waals surface area contributed by atoms with E-state index in [1.807, 2.05) is 13.0 Å². The first-order valence-electron chi connectivity index (χ1n) is 4.64. The van der Waals surface area contributed by atoms with Gasteiger partial charge in [0.1, 0.15) is 5.82 Å². The smallest absolute Gasteiger partial charge is 0.139 e. The molecule has 0 saturated heterocycles. The van der Waals surface area contributed by atoms with E-state index in [2.05, 4.69) is 5.32 Å². The van der Waals surface area contributed by atoms with Gasteiger partial charge in [-0.25, -0.2) is 4.39 Å². The molecule has 0 saturated carbocycles. The molecule has 76 valence electrons. The largest absolute Gasteiger partial charge is 0.309 e. The summed E-state index contributed by atoms with van der Waals surface area (Å²) >= 11 is 0. The summed E-state index contributed by atoms with van der Waals surface area (Å²) in [7, 11) is -1.18. The molecule has 1 aromatic rings. The maximum absolute atomic E-state index is 13.3. The van der Waals surface area contributed by atoms with Gasteiger partial charge in [-0.05, 0) is 18.2 Å². The Morgan fingerprint density at radius 3 is 3.14 bits per heavy atom. The molecule has 0 radical (unpaired) electrons. The summed E-state index contributed by atoms with van der Waals surface area (Å²) < 4.78 is 24.9. The molecule has 0 bridgehead atoms. The first-order chi connectivity index (χ1) is 6.74. The first-order valence-corrected chi connectivity index (χ1v) is 5.96. The highest BCUT2D eigenvalue weighted by Crippen LogP contribution is 2.32. The van der Waals surface area contributed by atoms with E-state index >= 15 is 0 Å². The Morgan fingerprint density at radius 1 is 1.64 bits per heavy atom. The van der Waals surface area contributed by atoms with E-state index in [-0.39, 0.29) is 11.9 Å². The van der Waals surface area contributed by atoms with Crippen LogP contribution in [0.15, 0.2) is 23.1 Å². The molecule has 1 N–H and O–H groups in total. The lowest BCUT2D eigenvalue weighted by atomic mass is 10.1. The van der Waals surface area contributed by atoms with Crippen LogP contribution in [0.5, 0.6) is 0 Å². The van der Waals surface area contributed by atoms with Gasteiger partial charge < -0.3 is 5.32 Å². The molecular weight excluding hydrogens is 201 g/mol. The molecule has 2 atom stereocenters. The van der Waals surface area contributed by atoms with Crippen molar-refractivity contribution in [2.75, 3.05) is 12.3 Å². The van der Waals surface area contributed by atoms with Crippen molar-refractivity contribution in [1.29, 1.82) is 0 Å². The van der Waals surface area contributed by atoms with Crippen molar-refractivity contribution in [3.63, 3.8) is 0 Å². The van der Waals surface area contributed by atoms with Crippen LogP contribution in [0.25, 0.3) is 0 Å². The fourth-order valence-electron chi connectivity index (χ4n) is 1.78. The number of rotatable bonds is 2. The van der Waals surface area contributed by atoms with Gasteiger partial charge in [0.2, 0.25) is 0 Å². The minimum Gasteiger partial charge on any atom is -0.309 e. The second kappa shape index (κ2) is 3.79. The zero-order valence-corrected chi connectivity index (χ0v) is 8.73. The Kier molecular flexibility index (Phi) is 2.65. The predicted octanol–water partition coefficient (Wildman–Crippen LogP) is 1.60. The third kappa shape index (κ3) is 1.48. The predicted molar refractivity (Wildman–Crippen MR) is 54.1 cm³/mol. The van der Waals surface area contributed by atoms with Gasteiger partial charge in [-0.2, -0.15) is 0 Å². The van der Waals surface area contributed by atoms with Crippen molar-refractivity contribution in [1.82, 2.24) is 5.32 Å². The summed E-state index contributed by atoms with van der Waals surface area (Å²) in [6.07, 6.45) is 0. The summed E-state index contributed by atoms with van der Waals surface area (Å²) in [5.74, 6) is 0.144. The molecule has 0 aliphatic carbocycles. The summed E-state index contributed by atoms with van der Waals surface area (Å²) in [6.45, 7) is 2.79. The van der Waals surface area contributed by atoms with Gasteiger partial charge in [0, 0.05) is 11.8 Å². The molecule has 1 aliphatic heterocycles. The van der Waals surface area contributed by atoms with E-state index in [0.717, 1.165) is 12.1 Å². The van der Waals surface area contributed by atoms with Gasteiger partial charge in [-0.3, -0.25) is 4.21 Å². The number of fused-ring (bicyclic) bond motifs is 1. The van der Waals surface area contributed by atoms with Gasteiger partial charge >= 0.3 is 0 Å². The van der Waals surface area contributed by atoms with Crippen molar-refractivity contribution >= 4 is 10.8 Å². The normalized spacial score (nSPS) is 25.0. The van der Waals surface area contributed by atoms with E-state index in [9.17, 15) is 8.60 Å². The summed E-state index contributed by atoms with van der Waals surface area (Å²) in [5, 5.41) is 3.20. The van der Waals surface area contributed by atoms with E-state index in [1.54, 1.807) is 6.07 Å². The lowest BCUT2D eigenvalue weighted by Gasteiger charge is -2.10. The van der Waals surface area contributed by atoms with Crippen LogP contribution in [0.3, 0.4) is 0 Å². The third-order valence-electron chi connectivity index (χ3n) is 2.37. The average molecular weight is 213 g/mol. The minimum atomic E-state index is -1.18. The monoisotopic (exact) mass is 213 g/mol. The van der Waals surface area contributed by atoms with Crippen LogP contribution in [-0.4, -0.2) is 16.5 Å². The Morgan fingerprint density at radius 2 is 2.43 bits per heavy atom. The standard InChI is InChI=1S/C10H12FNOS/c1-2-12-9-6-14(13)10-7(9)4-3-5-8(10)11/h3-5,9,12H,2,6H2,1H3. The second-order valence-electron chi connectivity index (χ2n) is 3.28.